The third-order valence-corrected chi connectivity index (χ3v) is 6.76. The highest BCUT2D eigenvalue weighted by Crippen LogP contribution is 2.41. The lowest BCUT2D eigenvalue weighted by Gasteiger charge is -2.23. The molecule has 0 saturated carbocycles. The second kappa shape index (κ2) is 10.5. The Bertz CT molecular complexity index is 1530. The van der Waals surface area contributed by atoms with Crippen LogP contribution in [-0.2, 0) is 10.0 Å². The Kier molecular flexibility index (Phi) is 7.37. The van der Waals surface area contributed by atoms with Gasteiger partial charge in [-0.15, -0.1) is 0 Å². The fourth-order valence-corrected chi connectivity index (χ4v) is 4.81. The number of aliphatic hydroxyl groups excluding tert-OH is 1. The smallest absolute Gasteiger partial charge is 0.255 e. The first-order valence-electron chi connectivity index (χ1n) is 11.1. The van der Waals surface area contributed by atoms with Gasteiger partial charge in [-0.25, -0.2) is 12.8 Å². The van der Waals surface area contributed by atoms with Crippen LogP contribution in [0.1, 0.15) is 10.4 Å². The van der Waals surface area contributed by atoms with Crippen LogP contribution in [0.5, 0.6) is 17.2 Å². The molecule has 4 rings (SSSR count). The summed E-state index contributed by atoms with van der Waals surface area (Å²) in [6, 6.07) is 15.4. The average Bonchev–Trinajstić information content (AvgIpc) is 3.25. The molecule has 1 amide bonds. The van der Waals surface area contributed by atoms with Gasteiger partial charge in [0.05, 0.1) is 37.8 Å². The molecule has 0 bridgehead atoms. The number of hydrogen-bond donors (Lipinski definition) is 2. The highest BCUT2D eigenvalue weighted by Gasteiger charge is 2.27. The number of rotatable bonds is 9. The van der Waals surface area contributed by atoms with E-state index in [0.717, 1.165) is 10.6 Å². The Labute approximate surface area is 213 Å². The van der Waals surface area contributed by atoms with E-state index in [0.29, 0.717) is 22.4 Å². The van der Waals surface area contributed by atoms with E-state index in [1.807, 2.05) is 0 Å². The molecular weight excluding hydrogens is 503 g/mol. The van der Waals surface area contributed by atoms with E-state index in [9.17, 15) is 22.7 Å². The lowest BCUT2D eigenvalue weighted by atomic mass is 10.0. The average molecular weight is 529 g/mol. The zero-order chi connectivity index (χ0) is 26.7. The van der Waals surface area contributed by atoms with Gasteiger partial charge in [0.15, 0.2) is 0 Å². The van der Waals surface area contributed by atoms with Gasteiger partial charge in [-0.2, -0.15) is 0 Å². The number of fused-ring (bicyclic) bond motifs is 1. The standard InChI is InChI=1S/C26H25FN2O7S/c1-28-26(31)24-20-14-23(34-2)21(29(12-13-30)37(3,32)33)15-22(20)36-25(24)16-4-8-18(9-5-16)35-19-10-6-17(27)7-11-19/h4-11,14-15,30H,12-13H2,1-3H3,(H,28,31). The minimum absolute atomic E-state index is 0.165. The molecule has 0 aliphatic heterocycles. The van der Waals surface area contributed by atoms with Crippen LogP contribution in [0, 0.1) is 5.82 Å². The quantitative estimate of drug-likeness (QED) is 0.335. The molecular formula is C26H25FN2O7S. The molecule has 2 N–H and O–H groups in total. The van der Waals surface area contributed by atoms with Crippen molar-refractivity contribution in [2.75, 3.05) is 37.9 Å². The topological polar surface area (TPSA) is 118 Å². The molecule has 0 fully saturated rings. The van der Waals surface area contributed by atoms with Crippen LogP contribution >= 0.6 is 0 Å². The van der Waals surface area contributed by atoms with Crippen molar-refractivity contribution in [3.8, 4) is 28.6 Å². The number of sulfonamides is 1. The SMILES string of the molecule is CNC(=O)c1c(-c2ccc(Oc3ccc(F)cc3)cc2)oc2cc(N(CCO)S(C)(=O)=O)c(OC)cc12. The summed E-state index contributed by atoms with van der Waals surface area (Å²) in [6.07, 6.45) is 1.02. The molecule has 0 radical (unpaired) electrons. The van der Waals surface area contributed by atoms with Crippen LogP contribution in [0.2, 0.25) is 0 Å². The second-order valence-corrected chi connectivity index (χ2v) is 9.95. The van der Waals surface area contributed by atoms with Crippen LogP contribution in [0.25, 0.3) is 22.3 Å². The van der Waals surface area contributed by atoms with E-state index in [2.05, 4.69) is 5.32 Å². The summed E-state index contributed by atoms with van der Waals surface area (Å²) in [5, 5.41) is 12.4. The lowest BCUT2D eigenvalue weighted by Crippen LogP contribution is -2.32. The summed E-state index contributed by atoms with van der Waals surface area (Å²) < 4.78 is 56.2. The van der Waals surface area contributed by atoms with Crippen molar-refractivity contribution in [1.29, 1.82) is 0 Å². The fraction of sp³-hybridized carbons (Fsp3) is 0.192. The maximum atomic E-state index is 13.1. The highest BCUT2D eigenvalue weighted by atomic mass is 32.2. The number of nitrogens with zero attached hydrogens (tertiary/aromatic N) is 1. The zero-order valence-corrected chi connectivity index (χ0v) is 21.1. The predicted molar refractivity (Wildman–Crippen MR) is 137 cm³/mol. The number of nitrogens with one attached hydrogen (secondary N) is 1. The third kappa shape index (κ3) is 5.37. The molecule has 194 valence electrons. The molecule has 11 heteroatoms. The summed E-state index contributed by atoms with van der Waals surface area (Å²) in [7, 11) is -0.885. The highest BCUT2D eigenvalue weighted by molar-refractivity contribution is 7.92. The maximum absolute atomic E-state index is 13.1. The number of ether oxygens (including phenoxy) is 2. The second-order valence-electron chi connectivity index (χ2n) is 8.04. The number of carbonyl (C=O) groups is 1. The molecule has 1 aromatic heterocycles. The van der Waals surface area contributed by atoms with Gasteiger partial charge in [0.25, 0.3) is 5.91 Å². The summed E-state index contributed by atoms with van der Waals surface area (Å²) in [6.45, 7) is -0.598. The maximum Gasteiger partial charge on any atom is 0.255 e. The first-order chi connectivity index (χ1) is 17.7. The van der Waals surface area contributed by atoms with E-state index in [1.54, 1.807) is 24.3 Å². The number of anilines is 1. The molecule has 0 spiro atoms. The van der Waals surface area contributed by atoms with E-state index in [-0.39, 0.29) is 40.7 Å². The summed E-state index contributed by atoms with van der Waals surface area (Å²) in [4.78, 5) is 12.9. The minimum atomic E-state index is -3.75. The number of furan rings is 1. The first-order valence-corrected chi connectivity index (χ1v) is 13.0. The molecule has 37 heavy (non-hydrogen) atoms. The number of methoxy groups -OCH3 is 1. The molecule has 1 heterocycles. The van der Waals surface area contributed by atoms with Crippen molar-refractivity contribution < 1.29 is 36.6 Å². The van der Waals surface area contributed by atoms with Crippen molar-refractivity contribution in [3.63, 3.8) is 0 Å². The van der Waals surface area contributed by atoms with Gasteiger partial charge in [0, 0.05) is 24.1 Å². The first kappa shape index (κ1) is 26.0. The fourth-order valence-electron chi connectivity index (χ4n) is 3.89. The molecule has 0 unspecified atom stereocenters. The Morgan fingerprint density at radius 1 is 1.08 bits per heavy atom. The molecule has 0 aliphatic carbocycles. The Hall–Kier alpha value is -4.09. The van der Waals surface area contributed by atoms with Gasteiger partial charge in [0.1, 0.15) is 34.4 Å². The van der Waals surface area contributed by atoms with Gasteiger partial charge in [-0.05, 0) is 54.6 Å². The summed E-state index contributed by atoms with van der Waals surface area (Å²) in [5.41, 5.74) is 1.22. The van der Waals surface area contributed by atoms with Crippen molar-refractivity contribution in [2.45, 2.75) is 0 Å². The van der Waals surface area contributed by atoms with E-state index < -0.39 is 22.5 Å². The van der Waals surface area contributed by atoms with Crippen LogP contribution < -0.4 is 19.1 Å². The molecule has 0 atom stereocenters. The summed E-state index contributed by atoms with van der Waals surface area (Å²) in [5.74, 6) is 0.615. The Morgan fingerprint density at radius 2 is 1.70 bits per heavy atom. The number of amides is 1. The van der Waals surface area contributed by atoms with Crippen molar-refractivity contribution in [2.24, 2.45) is 0 Å². The lowest BCUT2D eigenvalue weighted by molar-refractivity contribution is 0.0964. The van der Waals surface area contributed by atoms with Crippen molar-refractivity contribution in [1.82, 2.24) is 5.32 Å². The number of halogens is 1. The van der Waals surface area contributed by atoms with Crippen LogP contribution in [0.3, 0.4) is 0 Å². The predicted octanol–water partition coefficient (Wildman–Crippen LogP) is 4.16. The summed E-state index contributed by atoms with van der Waals surface area (Å²) >= 11 is 0. The minimum Gasteiger partial charge on any atom is -0.495 e. The number of hydrogen-bond acceptors (Lipinski definition) is 7. The van der Waals surface area contributed by atoms with Gasteiger partial charge in [0.2, 0.25) is 10.0 Å². The van der Waals surface area contributed by atoms with Crippen LogP contribution in [-0.4, -0.2) is 53.0 Å². The largest absolute Gasteiger partial charge is 0.495 e. The van der Waals surface area contributed by atoms with E-state index in [1.165, 1.54) is 50.6 Å². The van der Waals surface area contributed by atoms with Gasteiger partial charge < -0.3 is 24.3 Å². The normalized spacial score (nSPS) is 11.4. The molecule has 4 aromatic rings. The number of carbonyl (C=O) groups excluding carboxylic acids is 1. The van der Waals surface area contributed by atoms with Crippen LogP contribution in [0.4, 0.5) is 10.1 Å². The van der Waals surface area contributed by atoms with Crippen LogP contribution in [0.15, 0.2) is 65.1 Å². The zero-order valence-electron chi connectivity index (χ0n) is 20.3. The van der Waals surface area contributed by atoms with Crippen molar-refractivity contribution >= 4 is 32.6 Å². The van der Waals surface area contributed by atoms with Crippen molar-refractivity contribution in [3.05, 3.63) is 72.0 Å². The molecule has 0 saturated heterocycles. The van der Waals surface area contributed by atoms with E-state index in [4.69, 9.17) is 13.9 Å². The number of aliphatic hydroxyl groups is 1. The van der Waals surface area contributed by atoms with E-state index >= 15 is 0 Å². The molecule has 3 aromatic carbocycles. The van der Waals surface area contributed by atoms with Gasteiger partial charge in [-0.1, -0.05) is 0 Å². The van der Waals surface area contributed by atoms with Gasteiger partial charge >= 0.3 is 0 Å². The van der Waals surface area contributed by atoms with Gasteiger partial charge in [-0.3, -0.25) is 9.10 Å². The number of benzene rings is 3. The molecule has 0 aliphatic rings. The Morgan fingerprint density at radius 3 is 2.24 bits per heavy atom. The third-order valence-electron chi connectivity index (χ3n) is 5.58. The Balaban J connectivity index is 1.81. The monoisotopic (exact) mass is 528 g/mol. The molecule has 9 nitrogen and oxygen atoms in total.